The van der Waals surface area contributed by atoms with Crippen LogP contribution < -0.4 is 0 Å². The van der Waals surface area contributed by atoms with Crippen molar-refractivity contribution in [3.05, 3.63) is 44.8 Å². The van der Waals surface area contributed by atoms with Crippen molar-refractivity contribution in [3.8, 4) is 0 Å². The maximum atomic E-state index is 11.2. The van der Waals surface area contributed by atoms with Crippen LogP contribution in [-0.4, -0.2) is 5.78 Å². The van der Waals surface area contributed by atoms with Crippen molar-refractivity contribution in [1.29, 1.82) is 0 Å². The average molecular weight is 328 g/mol. The highest BCUT2D eigenvalue weighted by molar-refractivity contribution is 9.13. The van der Waals surface area contributed by atoms with E-state index in [1.54, 1.807) is 6.92 Å². The summed E-state index contributed by atoms with van der Waals surface area (Å²) < 4.78 is 2.02. The van der Waals surface area contributed by atoms with Gasteiger partial charge < -0.3 is 0 Å². The lowest BCUT2D eigenvalue weighted by Crippen LogP contribution is -1.90. The molecular weight excluding hydrogens is 320 g/mol. The van der Waals surface area contributed by atoms with Gasteiger partial charge >= 0.3 is 0 Å². The number of hydrogen-bond donors (Lipinski definition) is 0. The summed E-state index contributed by atoms with van der Waals surface area (Å²) in [5.41, 5.74) is 0.747. The predicted molar refractivity (Wildman–Crippen MR) is 69.4 cm³/mol. The first-order valence-electron chi connectivity index (χ1n) is 4.47. The number of carbonyl (C=O) groups is 1. The molecule has 0 saturated carbocycles. The fourth-order valence-corrected chi connectivity index (χ4v) is 2.18. The Bertz CT molecular complexity index is 547. The monoisotopic (exact) mass is 326 g/mol. The highest BCUT2D eigenvalue weighted by Gasteiger charge is 2.03. The molecule has 0 unspecified atom stereocenters. The van der Waals surface area contributed by atoms with E-state index >= 15 is 0 Å². The Morgan fingerprint density at radius 2 is 1.60 bits per heavy atom. The van der Waals surface area contributed by atoms with Crippen LogP contribution >= 0.6 is 31.9 Å². The molecule has 1 nitrogen and oxygen atoms in total. The molecule has 0 aliphatic carbocycles. The summed E-state index contributed by atoms with van der Waals surface area (Å²) in [6.45, 7) is 1.58. The molecule has 76 valence electrons. The average Bonchev–Trinajstić information content (AvgIpc) is 2.19. The highest BCUT2D eigenvalue weighted by atomic mass is 79.9. The molecule has 2 aromatic rings. The van der Waals surface area contributed by atoms with E-state index in [0.29, 0.717) is 0 Å². The number of Topliss-reactive ketones (excluding diaryl/α,β-unsaturated/α-hetero) is 1. The summed E-state index contributed by atoms with van der Waals surface area (Å²) in [5, 5.41) is 2.19. The van der Waals surface area contributed by atoms with Crippen LogP contribution in [0.1, 0.15) is 17.3 Å². The molecule has 0 N–H and O–H groups in total. The Balaban J connectivity index is 2.72. The van der Waals surface area contributed by atoms with Crippen molar-refractivity contribution in [2.45, 2.75) is 6.92 Å². The van der Waals surface area contributed by atoms with Crippen molar-refractivity contribution in [3.63, 3.8) is 0 Å². The van der Waals surface area contributed by atoms with Crippen LogP contribution in [0.4, 0.5) is 0 Å². The molecule has 15 heavy (non-hydrogen) atoms. The van der Waals surface area contributed by atoms with E-state index < -0.39 is 0 Å². The first kappa shape index (κ1) is 10.8. The van der Waals surface area contributed by atoms with E-state index in [-0.39, 0.29) is 5.78 Å². The summed E-state index contributed by atoms with van der Waals surface area (Å²) in [7, 11) is 0. The quantitative estimate of drug-likeness (QED) is 0.701. The molecule has 0 fully saturated rings. The Kier molecular flexibility index (Phi) is 2.94. The van der Waals surface area contributed by atoms with Gasteiger partial charge in [-0.05, 0) is 67.8 Å². The van der Waals surface area contributed by atoms with E-state index in [2.05, 4.69) is 31.9 Å². The molecule has 0 heterocycles. The van der Waals surface area contributed by atoms with Gasteiger partial charge in [0.15, 0.2) is 5.78 Å². The second-order valence-corrected chi connectivity index (χ2v) is 5.09. The second-order valence-electron chi connectivity index (χ2n) is 3.38. The molecule has 0 amide bonds. The largest absolute Gasteiger partial charge is 0.295 e. The first-order valence-corrected chi connectivity index (χ1v) is 6.06. The van der Waals surface area contributed by atoms with Crippen LogP contribution in [-0.2, 0) is 0 Å². The normalized spacial score (nSPS) is 10.6. The zero-order valence-corrected chi connectivity index (χ0v) is 11.2. The number of benzene rings is 2. The molecule has 0 spiro atoms. The molecule has 0 aliphatic rings. The Morgan fingerprint density at radius 1 is 1.00 bits per heavy atom. The lowest BCUT2D eigenvalue weighted by atomic mass is 10.1. The van der Waals surface area contributed by atoms with Crippen LogP contribution in [0, 0.1) is 0 Å². The number of ketones is 1. The summed E-state index contributed by atoms with van der Waals surface area (Å²) in [5.74, 6) is 0.0935. The van der Waals surface area contributed by atoms with Crippen molar-refractivity contribution < 1.29 is 4.79 Å². The van der Waals surface area contributed by atoms with Gasteiger partial charge in [-0.2, -0.15) is 0 Å². The zero-order valence-electron chi connectivity index (χ0n) is 8.05. The SMILES string of the molecule is CC(=O)c1ccc2cc(Br)c(Br)cc2c1. The fourth-order valence-electron chi connectivity index (χ4n) is 1.46. The molecule has 2 rings (SSSR count). The molecule has 3 heteroatoms. The van der Waals surface area contributed by atoms with Crippen LogP contribution in [0.5, 0.6) is 0 Å². The molecule has 2 aromatic carbocycles. The van der Waals surface area contributed by atoms with Gasteiger partial charge in [-0.1, -0.05) is 12.1 Å². The van der Waals surface area contributed by atoms with Gasteiger partial charge in [0.05, 0.1) is 0 Å². The zero-order chi connectivity index (χ0) is 11.0. The number of fused-ring (bicyclic) bond motifs is 1. The Labute approximate surface area is 105 Å². The lowest BCUT2D eigenvalue weighted by Gasteiger charge is -2.03. The summed E-state index contributed by atoms with van der Waals surface area (Å²) in [4.78, 5) is 11.2. The number of halogens is 2. The fraction of sp³-hybridized carbons (Fsp3) is 0.0833. The Morgan fingerprint density at radius 3 is 2.20 bits per heavy atom. The third-order valence-corrected chi connectivity index (χ3v) is 4.13. The molecule has 0 atom stereocenters. The van der Waals surface area contributed by atoms with Crippen molar-refractivity contribution in [2.24, 2.45) is 0 Å². The number of carbonyl (C=O) groups excluding carboxylic acids is 1. The van der Waals surface area contributed by atoms with E-state index in [4.69, 9.17) is 0 Å². The van der Waals surface area contributed by atoms with E-state index in [9.17, 15) is 4.79 Å². The predicted octanol–water partition coefficient (Wildman–Crippen LogP) is 4.57. The van der Waals surface area contributed by atoms with Gasteiger partial charge in [-0.3, -0.25) is 4.79 Å². The van der Waals surface area contributed by atoms with E-state index in [0.717, 1.165) is 25.3 Å². The minimum atomic E-state index is 0.0935. The lowest BCUT2D eigenvalue weighted by molar-refractivity contribution is 0.101. The highest BCUT2D eigenvalue weighted by Crippen LogP contribution is 2.29. The minimum Gasteiger partial charge on any atom is -0.295 e. The van der Waals surface area contributed by atoms with Crippen LogP contribution in [0.3, 0.4) is 0 Å². The molecule has 0 saturated heterocycles. The third-order valence-electron chi connectivity index (χ3n) is 2.29. The first-order chi connectivity index (χ1) is 7.08. The van der Waals surface area contributed by atoms with Gasteiger partial charge in [-0.15, -0.1) is 0 Å². The topological polar surface area (TPSA) is 17.1 Å². The second kappa shape index (κ2) is 4.06. The van der Waals surface area contributed by atoms with Gasteiger partial charge in [0.1, 0.15) is 0 Å². The van der Waals surface area contributed by atoms with Gasteiger partial charge in [0.2, 0.25) is 0 Å². The Hall–Kier alpha value is -0.670. The number of hydrogen-bond acceptors (Lipinski definition) is 1. The minimum absolute atomic E-state index is 0.0935. The number of rotatable bonds is 1. The van der Waals surface area contributed by atoms with Crippen molar-refractivity contribution in [1.82, 2.24) is 0 Å². The summed E-state index contributed by atoms with van der Waals surface area (Å²) >= 11 is 6.90. The van der Waals surface area contributed by atoms with E-state index in [1.807, 2.05) is 30.3 Å². The van der Waals surface area contributed by atoms with Crippen molar-refractivity contribution >= 4 is 48.4 Å². The van der Waals surface area contributed by atoms with Gasteiger partial charge in [0.25, 0.3) is 0 Å². The van der Waals surface area contributed by atoms with Crippen LogP contribution in [0.25, 0.3) is 10.8 Å². The van der Waals surface area contributed by atoms with Crippen molar-refractivity contribution in [2.75, 3.05) is 0 Å². The van der Waals surface area contributed by atoms with Gasteiger partial charge in [-0.25, -0.2) is 0 Å². The van der Waals surface area contributed by atoms with E-state index in [1.165, 1.54) is 0 Å². The third kappa shape index (κ3) is 2.13. The summed E-state index contributed by atoms with van der Waals surface area (Å²) in [6, 6.07) is 9.76. The molecule has 0 bridgehead atoms. The summed E-state index contributed by atoms with van der Waals surface area (Å²) in [6.07, 6.45) is 0. The maximum absolute atomic E-state index is 11.2. The smallest absolute Gasteiger partial charge is 0.159 e. The molecule has 0 radical (unpaired) electrons. The van der Waals surface area contributed by atoms with Crippen LogP contribution in [0.2, 0.25) is 0 Å². The van der Waals surface area contributed by atoms with Crippen LogP contribution in [0.15, 0.2) is 39.3 Å². The van der Waals surface area contributed by atoms with Gasteiger partial charge in [0, 0.05) is 14.5 Å². The maximum Gasteiger partial charge on any atom is 0.159 e. The molecule has 0 aliphatic heterocycles. The molecule has 0 aromatic heterocycles. The standard InChI is InChI=1S/C12H8Br2O/c1-7(15)8-2-3-9-5-11(13)12(14)6-10(9)4-8/h2-6H,1H3. The molecular formula is C12H8Br2O.